The summed E-state index contributed by atoms with van der Waals surface area (Å²) < 4.78 is 36.7. The molecular formula is C23H31F3O4. The number of hydrogen-bond acceptors (Lipinski definition) is 2. The van der Waals surface area contributed by atoms with Crippen molar-refractivity contribution in [2.75, 3.05) is 0 Å². The normalized spacial score (nSPS) is 9.67. The molecule has 0 fully saturated rings. The first-order chi connectivity index (χ1) is 13.8. The summed E-state index contributed by atoms with van der Waals surface area (Å²) >= 11 is 0. The molecule has 7 heteroatoms. The number of rotatable bonds is 2. The molecule has 0 aromatic heterocycles. The minimum atomic E-state index is -4.50. The lowest BCUT2D eigenvalue weighted by Crippen LogP contribution is -2.08. The Balaban J connectivity index is 0. The van der Waals surface area contributed by atoms with Crippen molar-refractivity contribution in [3.63, 3.8) is 0 Å². The van der Waals surface area contributed by atoms with E-state index in [1.165, 1.54) is 19.4 Å². The lowest BCUT2D eigenvalue weighted by molar-refractivity contribution is -0.137. The van der Waals surface area contributed by atoms with Gasteiger partial charge in [-0.2, -0.15) is 13.2 Å². The van der Waals surface area contributed by atoms with E-state index in [9.17, 15) is 22.8 Å². The van der Waals surface area contributed by atoms with Gasteiger partial charge in [0, 0.05) is 0 Å². The third-order valence-corrected chi connectivity index (χ3v) is 3.12. The van der Waals surface area contributed by atoms with E-state index in [2.05, 4.69) is 13.8 Å². The van der Waals surface area contributed by atoms with E-state index in [0.29, 0.717) is 11.6 Å². The minimum absolute atomic E-state index is 0.275. The third-order valence-electron chi connectivity index (χ3n) is 3.12. The Hall–Kier alpha value is -2.83. The quantitative estimate of drug-likeness (QED) is 0.532. The summed E-state index contributed by atoms with van der Waals surface area (Å²) in [5.41, 5.74) is 1.33. The molecular weight excluding hydrogens is 397 g/mol. The molecule has 0 spiro atoms. The van der Waals surface area contributed by atoms with Gasteiger partial charge in [0.25, 0.3) is 0 Å². The molecule has 0 saturated heterocycles. The predicted octanol–water partition coefficient (Wildman–Crippen LogP) is 7.16. The molecule has 2 aromatic carbocycles. The van der Waals surface area contributed by atoms with Crippen LogP contribution in [0.4, 0.5) is 13.2 Å². The van der Waals surface area contributed by atoms with E-state index >= 15 is 0 Å². The monoisotopic (exact) mass is 428 g/mol. The van der Waals surface area contributed by atoms with Gasteiger partial charge in [0.05, 0.1) is 16.7 Å². The van der Waals surface area contributed by atoms with E-state index in [0.717, 1.165) is 17.2 Å². The molecule has 4 nitrogen and oxygen atoms in total. The molecule has 2 N–H and O–H groups in total. The summed E-state index contributed by atoms with van der Waals surface area (Å²) in [5.74, 6) is -2.23. The molecule has 0 aliphatic carbocycles. The number of halogens is 3. The largest absolute Gasteiger partial charge is 0.478 e. The minimum Gasteiger partial charge on any atom is -0.478 e. The average molecular weight is 428 g/mol. The highest BCUT2D eigenvalue weighted by atomic mass is 19.4. The zero-order valence-electron chi connectivity index (χ0n) is 18.5. The lowest BCUT2D eigenvalue weighted by atomic mass is 10.1. The van der Waals surface area contributed by atoms with Gasteiger partial charge in [0.2, 0.25) is 0 Å². The molecule has 0 unspecified atom stereocenters. The van der Waals surface area contributed by atoms with Gasteiger partial charge in [-0.1, -0.05) is 51.3 Å². The summed E-state index contributed by atoms with van der Waals surface area (Å²) in [6.45, 7) is 13.4. The van der Waals surface area contributed by atoms with Crippen LogP contribution in [0.5, 0.6) is 0 Å². The number of aryl methyl sites for hydroxylation is 3. The summed E-state index contributed by atoms with van der Waals surface area (Å²) in [4.78, 5) is 21.0. The Morgan fingerprint density at radius 2 is 1.03 bits per heavy atom. The Morgan fingerprint density at radius 1 is 0.733 bits per heavy atom. The highest BCUT2D eigenvalue weighted by molar-refractivity contribution is 5.88. The van der Waals surface area contributed by atoms with E-state index in [1.54, 1.807) is 12.1 Å². The van der Waals surface area contributed by atoms with E-state index in [1.807, 2.05) is 33.8 Å². The van der Waals surface area contributed by atoms with Gasteiger partial charge < -0.3 is 10.2 Å². The number of carbonyl (C=O) groups is 2. The number of aromatic carboxylic acids is 2. The topological polar surface area (TPSA) is 74.6 Å². The van der Waals surface area contributed by atoms with Gasteiger partial charge in [-0.3, -0.25) is 0 Å². The van der Waals surface area contributed by atoms with E-state index < -0.39 is 23.7 Å². The van der Waals surface area contributed by atoms with Gasteiger partial charge in [-0.05, 0) is 56.7 Å². The molecule has 0 atom stereocenters. The number of carboxylic acids is 2. The standard InChI is InChI=1S/C9H7F3O2.C9H10O2.C3H8.C2H6/c1-5-2-6(8(13)14)4-7(3-5)9(10,11)12;1-6-3-7(2)5-8(4-6)9(10)11;1-3-2;1-2/h2-4H,1H3,(H,13,14);3-5H,1-2H3,(H,10,11);3H2,1-2H3;1-2H3. The molecule has 30 heavy (non-hydrogen) atoms. The summed E-state index contributed by atoms with van der Waals surface area (Å²) in [6.07, 6.45) is -3.25. The van der Waals surface area contributed by atoms with Gasteiger partial charge in [0.1, 0.15) is 0 Å². The molecule has 0 aliphatic heterocycles. The maximum absolute atomic E-state index is 12.2. The van der Waals surface area contributed by atoms with E-state index in [4.69, 9.17) is 10.2 Å². The van der Waals surface area contributed by atoms with Crippen LogP contribution in [0, 0.1) is 20.8 Å². The fraction of sp³-hybridized carbons (Fsp3) is 0.391. The maximum Gasteiger partial charge on any atom is 0.416 e. The van der Waals surface area contributed by atoms with Crippen molar-refractivity contribution >= 4 is 11.9 Å². The summed E-state index contributed by atoms with van der Waals surface area (Å²) in [6, 6.07) is 8.00. The second-order valence-corrected chi connectivity index (χ2v) is 6.28. The average Bonchev–Trinajstić information content (AvgIpc) is 2.62. The van der Waals surface area contributed by atoms with Crippen molar-refractivity contribution in [3.05, 3.63) is 69.8 Å². The smallest absolute Gasteiger partial charge is 0.416 e. The zero-order valence-corrected chi connectivity index (χ0v) is 18.5. The fourth-order valence-corrected chi connectivity index (χ4v) is 2.17. The molecule has 0 aliphatic rings. The van der Waals surface area contributed by atoms with Gasteiger partial charge >= 0.3 is 18.1 Å². The van der Waals surface area contributed by atoms with Crippen LogP contribution in [-0.4, -0.2) is 22.2 Å². The number of benzene rings is 2. The molecule has 0 amide bonds. The first-order valence-electron chi connectivity index (χ1n) is 9.55. The van der Waals surface area contributed by atoms with Crippen LogP contribution >= 0.6 is 0 Å². The molecule has 0 saturated carbocycles. The highest BCUT2D eigenvalue weighted by Crippen LogP contribution is 2.30. The highest BCUT2D eigenvalue weighted by Gasteiger charge is 2.31. The first kappa shape index (κ1) is 29.4. The van der Waals surface area contributed by atoms with Gasteiger partial charge in [-0.15, -0.1) is 0 Å². The van der Waals surface area contributed by atoms with Gasteiger partial charge in [0.15, 0.2) is 0 Å². The number of carboxylic acid groups (broad SMARTS) is 2. The zero-order chi connectivity index (χ0) is 24.1. The number of alkyl halides is 3. The maximum atomic E-state index is 12.2. The SMILES string of the molecule is CC.CCC.Cc1cc(C(=O)O)cc(C(F)(F)F)c1.Cc1cc(C)cc(C(=O)O)c1. The van der Waals surface area contributed by atoms with Crippen LogP contribution in [0.25, 0.3) is 0 Å². The van der Waals surface area contributed by atoms with Crippen molar-refractivity contribution in [1.29, 1.82) is 0 Å². The number of hydrogen-bond donors (Lipinski definition) is 2. The van der Waals surface area contributed by atoms with Crippen LogP contribution in [0.1, 0.15) is 77.1 Å². The van der Waals surface area contributed by atoms with Crippen molar-refractivity contribution in [1.82, 2.24) is 0 Å². The molecule has 0 bridgehead atoms. The van der Waals surface area contributed by atoms with Crippen LogP contribution in [0.15, 0.2) is 36.4 Å². The first-order valence-corrected chi connectivity index (χ1v) is 9.55. The molecule has 0 heterocycles. The van der Waals surface area contributed by atoms with Crippen LogP contribution in [0.3, 0.4) is 0 Å². The fourth-order valence-electron chi connectivity index (χ4n) is 2.17. The third kappa shape index (κ3) is 11.9. The molecule has 0 radical (unpaired) electrons. The van der Waals surface area contributed by atoms with Crippen molar-refractivity contribution in [3.8, 4) is 0 Å². The Kier molecular flexibility index (Phi) is 13.9. The molecule has 168 valence electrons. The van der Waals surface area contributed by atoms with Crippen LogP contribution in [-0.2, 0) is 6.18 Å². The second kappa shape index (κ2) is 14.2. The summed E-state index contributed by atoms with van der Waals surface area (Å²) in [7, 11) is 0. The Bertz CT molecular complexity index is 792. The van der Waals surface area contributed by atoms with Crippen LogP contribution < -0.4 is 0 Å². The predicted molar refractivity (Wildman–Crippen MR) is 113 cm³/mol. The van der Waals surface area contributed by atoms with Crippen molar-refractivity contribution < 1.29 is 33.0 Å². The lowest BCUT2D eigenvalue weighted by Gasteiger charge is -2.08. The van der Waals surface area contributed by atoms with Crippen LogP contribution in [0.2, 0.25) is 0 Å². The molecule has 2 rings (SSSR count). The van der Waals surface area contributed by atoms with E-state index in [-0.39, 0.29) is 11.1 Å². The van der Waals surface area contributed by atoms with Crippen molar-refractivity contribution in [2.45, 2.75) is 61.1 Å². The Labute approximate surface area is 176 Å². The Morgan fingerprint density at radius 3 is 1.33 bits per heavy atom. The summed E-state index contributed by atoms with van der Waals surface area (Å²) in [5, 5.41) is 17.2. The van der Waals surface area contributed by atoms with Crippen molar-refractivity contribution in [2.24, 2.45) is 0 Å². The second-order valence-electron chi connectivity index (χ2n) is 6.28. The van der Waals surface area contributed by atoms with Gasteiger partial charge in [-0.25, -0.2) is 9.59 Å². The molecule has 2 aromatic rings.